The number of carbonyl (C=O) groups is 1. The highest BCUT2D eigenvalue weighted by Crippen LogP contribution is 2.13. The van der Waals surface area contributed by atoms with Gasteiger partial charge in [0, 0.05) is 6.42 Å². The summed E-state index contributed by atoms with van der Waals surface area (Å²) in [6.07, 6.45) is 61.4. The van der Waals surface area contributed by atoms with Gasteiger partial charge in [-0.2, -0.15) is 8.42 Å². The van der Waals surface area contributed by atoms with Crippen LogP contribution in [0.25, 0.3) is 0 Å². The van der Waals surface area contributed by atoms with E-state index in [0.717, 1.165) is 77.0 Å². The molecule has 0 spiro atoms. The number of rotatable bonds is 40. The number of allylic oxidation sites excluding steroid dienone is 13. The Bertz CT molecular complexity index is 1200. The fourth-order valence-electron chi connectivity index (χ4n) is 6.41. The maximum absolute atomic E-state index is 12.6. The molecule has 0 aliphatic rings. The van der Waals surface area contributed by atoms with Crippen molar-refractivity contribution >= 4 is 16.0 Å². The first-order chi connectivity index (χ1) is 27.3. The number of hydrogen-bond donors (Lipinski definition) is 3. The second-order valence-electron chi connectivity index (χ2n) is 15.3. The molecule has 2 atom stereocenters. The Morgan fingerprint density at radius 3 is 1.34 bits per heavy atom. The van der Waals surface area contributed by atoms with E-state index in [-0.39, 0.29) is 12.3 Å². The van der Waals surface area contributed by atoms with Crippen LogP contribution < -0.4 is 5.32 Å². The van der Waals surface area contributed by atoms with Crippen LogP contribution in [0.3, 0.4) is 0 Å². The summed E-state index contributed by atoms with van der Waals surface area (Å²) < 4.78 is 32.6. The molecule has 0 bridgehead atoms. The molecule has 0 fully saturated rings. The highest BCUT2D eigenvalue weighted by molar-refractivity contribution is 7.85. The van der Waals surface area contributed by atoms with Crippen molar-refractivity contribution in [1.82, 2.24) is 5.32 Å². The van der Waals surface area contributed by atoms with Gasteiger partial charge in [-0.3, -0.25) is 9.35 Å². The van der Waals surface area contributed by atoms with Crippen LogP contribution in [-0.4, -0.2) is 41.9 Å². The highest BCUT2D eigenvalue weighted by atomic mass is 32.2. The molecule has 0 rings (SSSR count). The molecule has 3 N–H and O–H groups in total. The molecule has 0 radical (unpaired) electrons. The van der Waals surface area contributed by atoms with E-state index in [2.05, 4.69) is 92.1 Å². The molecule has 2 unspecified atom stereocenters. The lowest BCUT2D eigenvalue weighted by Crippen LogP contribution is -2.46. The molecule has 0 aliphatic carbocycles. The number of nitrogens with one attached hydrogen (secondary N) is 1. The molecular formula is C49H85NO5S. The average Bonchev–Trinajstić information content (AvgIpc) is 3.16. The van der Waals surface area contributed by atoms with Gasteiger partial charge in [0.05, 0.1) is 17.9 Å². The number of aliphatic hydroxyl groups excluding tert-OH is 1. The van der Waals surface area contributed by atoms with E-state index in [1.807, 2.05) is 0 Å². The molecule has 0 aromatic rings. The van der Waals surface area contributed by atoms with Crippen molar-refractivity contribution in [3.8, 4) is 0 Å². The van der Waals surface area contributed by atoms with Gasteiger partial charge >= 0.3 is 0 Å². The smallest absolute Gasteiger partial charge is 0.267 e. The topological polar surface area (TPSA) is 104 Å². The second-order valence-corrected chi connectivity index (χ2v) is 16.8. The van der Waals surface area contributed by atoms with E-state index < -0.39 is 28.0 Å². The summed E-state index contributed by atoms with van der Waals surface area (Å²) in [5.41, 5.74) is 0. The lowest BCUT2D eigenvalue weighted by Gasteiger charge is -2.21. The van der Waals surface area contributed by atoms with Gasteiger partial charge in [-0.25, -0.2) is 0 Å². The zero-order valence-electron chi connectivity index (χ0n) is 36.0. The lowest BCUT2D eigenvalue weighted by molar-refractivity contribution is -0.122. The molecule has 7 heteroatoms. The average molecular weight is 800 g/mol. The number of aliphatic hydroxyl groups is 1. The molecule has 322 valence electrons. The summed E-state index contributed by atoms with van der Waals surface area (Å²) in [5.74, 6) is -1.02. The van der Waals surface area contributed by atoms with Crippen LogP contribution in [0.15, 0.2) is 85.1 Å². The van der Waals surface area contributed by atoms with Gasteiger partial charge in [0.2, 0.25) is 5.91 Å². The largest absolute Gasteiger partial charge is 0.387 e. The third kappa shape index (κ3) is 42.7. The number of amides is 1. The monoisotopic (exact) mass is 800 g/mol. The molecule has 1 amide bonds. The van der Waals surface area contributed by atoms with Gasteiger partial charge in [-0.15, -0.1) is 0 Å². The molecule has 0 aromatic heterocycles. The van der Waals surface area contributed by atoms with Crippen molar-refractivity contribution in [2.45, 2.75) is 212 Å². The summed E-state index contributed by atoms with van der Waals surface area (Å²) in [4.78, 5) is 12.6. The Labute approximate surface area is 346 Å². The van der Waals surface area contributed by atoms with Gasteiger partial charge < -0.3 is 10.4 Å². The SMILES string of the molecule is CC/C=C\C/C=C\C/C=C\C/C=C\CCCCCCCCCCCCC(=O)NC(CS(=O)(=O)O)C(O)/C=C/CC/C=C/CC/C=C/CCCCCCCCCC. The van der Waals surface area contributed by atoms with E-state index in [9.17, 15) is 22.9 Å². The summed E-state index contributed by atoms with van der Waals surface area (Å²) in [6, 6.07) is -1.09. The minimum absolute atomic E-state index is 0.275. The maximum atomic E-state index is 12.6. The number of carbonyl (C=O) groups excluding carboxylic acids is 1. The molecule has 0 heterocycles. The highest BCUT2D eigenvalue weighted by Gasteiger charge is 2.24. The Hall–Kier alpha value is -2.48. The Balaban J connectivity index is 3.95. The van der Waals surface area contributed by atoms with Crippen LogP contribution in [0.4, 0.5) is 0 Å². The quantitative estimate of drug-likeness (QED) is 0.0325. The first-order valence-electron chi connectivity index (χ1n) is 22.8. The molecule has 6 nitrogen and oxygen atoms in total. The fourth-order valence-corrected chi connectivity index (χ4v) is 7.15. The van der Waals surface area contributed by atoms with E-state index in [0.29, 0.717) is 6.42 Å². The van der Waals surface area contributed by atoms with E-state index in [4.69, 9.17) is 0 Å². The van der Waals surface area contributed by atoms with Crippen LogP contribution in [-0.2, 0) is 14.9 Å². The molecule has 0 aliphatic heterocycles. The lowest BCUT2D eigenvalue weighted by atomic mass is 10.0. The van der Waals surface area contributed by atoms with Crippen molar-refractivity contribution in [2.24, 2.45) is 0 Å². The van der Waals surface area contributed by atoms with Crippen LogP contribution >= 0.6 is 0 Å². The van der Waals surface area contributed by atoms with Gasteiger partial charge in [0.1, 0.15) is 0 Å². The third-order valence-electron chi connectivity index (χ3n) is 9.78. The van der Waals surface area contributed by atoms with Crippen LogP contribution in [0.2, 0.25) is 0 Å². The third-order valence-corrected chi connectivity index (χ3v) is 10.6. The fraction of sp³-hybridized carbons (Fsp3) is 0.694. The molecule has 0 saturated carbocycles. The predicted octanol–water partition coefficient (Wildman–Crippen LogP) is 14.0. The summed E-state index contributed by atoms with van der Waals surface area (Å²) in [7, 11) is -4.37. The number of unbranched alkanes of at least 4 members (excludes halogenated alkanes) is 20. The Kier molecular flexibility index (Phi) is 40.3. The zero-order chi connectivity index (χ0) is 41.1. The minimum Gasteiger partial charge on any atom is -0.387 e. The van der Waals surface area contributed by atoms with Gasteiger partial charge in [-0.05, 0) is 83.5 Å². The summed E-state index contributed by atoms with van der Waals surface area (Å²) in [5, 5.41) is 13.2. The van der Waals surface area contributed by atoms with Crippen molar-refractivity contribution in [3.05, 3.63) is 85.1 Å². The van der Waals surface area contributed by atoms with Crippen molar-refractivity contribution < 1.29 is 22.9 Å². The zero-order valence-corrected chi connectivity index (χ0v) is 36.8. The van der Waals surface area contributed by atoms with E-state index in [1.165, 1.54) is 102 Å². The first-order valence-corrected chi connectivity index (χ1v) is 24.4. The predicted molar refractivity (Wildman–Crippen MR) is 244 cm³/mol. The van der Waals surface area contributed by atoms with Crippen molar-refractivity contribution in [1.29, 1.82) is 0 Å². The molecule has 56 heavy (non-hydrogen) atoms. The number of hydrogen-bond acceptors (Lipinski definition) is 4. The molecule has 0 aromatic carbocycles. The minimum atomic E-state index is -4.37. The maximum Gasteiger partial charge on any atom is 0.267 e. The van der Waals surface area contributed by atoms with E-state index in [1.54, 1.807) is 6.08 Å². The Morgan fingerprint density at radius 1 is 0.500 bits per heavy atom. The van der Waals surface area contributed by atoms with Crippen LogP contribution in [0.1, 0.15) is 200 Å². The summed E-state index contributed by atoms with van der Waals surface area (Å²) >= 11 is 0. The normalized spacial score (nSPS) is 14.0. The Morgan fingerprint density at radius 2 is 0.875 bits per heavy atom. The van der Waals surface area contributed by atoms with Crippen molar-refractivity contribution in [3.63, 3.8) is 0 Å². The van der Waals surface area contributed by atoms with Gasteiger partial charge in [0.15, 0.2) is 0 Å². The standard InChI is InChI=1S/C49H85NO5S/c1-3-5-7-9-11-13-15-17-19-21-23-24-25-26-27-29-31-33-35-37-39-41-43-45-49(52)50-47(46-56(53,54)55)48(51)44-42-40-38-36-34-32-30-28-22-20-18-16-14-12-10-8-6-4-2/h5,7,11,13,17,19,22-24,28,34,36,42,44,47-48,51H,3-4,6,8-10,12,14-16,18,20-21,25-27,29-33,35,37-41,43,45-46H2,1-2H3,(H,50,52)(H,53,54,55)/b7-5-,13-11-,19-17-,24-23-,28-22+,36-34+,44-42+. The first kappa shape index (κ1) is 53.5. The molecule has 0 saturated heterocycles. The van der Waals surface area contributed by atoms with Crippen LogP contribution in [0, 0.1) is 0 Å². The van der Waals surface area contributed by atoms with Crippen molar-refractivity contribution in [2.75, 3.05) is 5.75 Å². The van der Waals surface area contributed by atoms with Crippen LogP contribution in [0.5, 0.6) is 0 Å². The van der Waals surface area contributed by atoms with Gasteiger partial charge in [-0.1, -0.05) is 195 Å². The second kappa shape index (κ2) is 42.1. The van der Waals surface area contributed by atoms with Gasteiger partial charge in [0.25, 0.3) is 10.1 Å². The molecular weight excluding hydrogens is 715 g/mol. The van der Waals surface area contributed by atoms with E-state index >= 15 is 0 Å². The summed E-state index contributed by atoms with van der Waals surface area (Å²) in [6.45, 7) is 4.41.